The van der Waals surface area contributed by atoms with Gasteiger partial charge in [-0.2, -0.15) is 0 Å². The molecular formula is C14H16N2O2. The normalized spacial score (nSPS) is 10.4. The Labute approximate surface area is 106 Å². The van der Waals surface area contributed by atoms with E-state index >= 15 is 0 Å². The second-order valence-corrected chi connectivity index (χ2v) is 4.22. The Kier molecular flexibility index (Phi) is 3.46. The molecule has 0 saturated carbocycles. The molecule has 0 radical (unpaired) electrons. The number of ether oxygens (including phenoxy) is 1. The summed E-state index contributed by atoms with van der Waals surface area (Å²) in [7, 11) is 1.66. The molecule has 0 atom stereocenters. The van der Waals surface area contributed by atoms with Crippen LogP contribution in [0.2, 0.25) is 0 Å². The van der Waals surface area contributed by atoms with Crippen molar-refractivity contribution in [1.82, 2.24) is 9.55 Å². The van der Waals surface area contributed by atoms with E-state index in [4.69, 9.17) is 4.74 Å². The first-order valence-corrected chi connectivity index (χ1v) is 5.76. The summed E-state index contributed by atoms with van der Waals surface area (Å²) in [6.07, 6.45) is 4.52. The van der Waals surface area contributed by atoms with Crippen LogP contribution < -0.4 is 4.74 Å². The fraction of sp³-hybridized carbons (Fsp3) is 0.286. The molecule has 0 unspecified atom stereocenters. The van der Waals surface area contributed by atoms with Crippen LogP contribution in [0.5, 0.6) is 5.75 Å². The lowest BCUT2D eigenvalue weighted by molar-refractivity contribution is 0.111. The van der Waals surface area contributed by atoms with Gasteiger partial charge in [0.1, 0.15) is 5.75 Å². The number of rotatable bonds is 4. The highest BCUT2D eigenvalue weighted by Crippen LogP contribution is 2.24. The van der Waals surface area contributed by atoms with Gasteiger partial charge in [-0.05, 0) is 26.0 Å². The zero-order valence-electron chi connectivity index (χ0n) is 10.8. The topological polar surface area (TPSA) is 44.1 Å². The minimum atomic E-state index is 0.573. The molecule has 94 valence electrons. The summed E-state index contributed by atoms with van der Waals surface area (Å²) >= 11 is 0. The van der Waals surface area contributed by atoms with E-state index in [2.05, 4.69) is 4.98 Å². The Morgan fingerprint density at radius 2 is 2.22 bits per heavy atom. The van der Waals surface area contributed by atoms with E-state index < -0.39 is 0 Å². The van der Waals surface area contributed by atoms with E-state index in [1.54, 1.807) is 19.4 Å². The third-order valence-electron chi connectivity index (χ3n) is 3.06. The van der Waals surface area contributed by atoms with Gasteiger partial charge in [0.25, 0.3) is 0 Å². The quantitative estimate of drug-likeness (QED) is 0.775. The highest BCUT2D eigenvalue weighted by molar-refractivity contribution is 5.72. The summed E-state index contributed by atoms with van der Waals surface area (Å²) in [5.41, 5.74) is 3.59. The number of nitrogens with zero attached hydrogens (tertiary/aromatic N) is 2. The van der Waals surface area contributed by atoms with Crippen molar-refractivity contribution in [1.29, 1.82) is 0 Å². The second-order valence-electron chi connectivity index (χ2n) is 4.22. The summed E-state index contributed by atoms with van der Waals surface area (Å²) in [5, 5.41) is 0. The lowest BCUT2D eigenvalue weighted by Gasteiger charge is -2.13. The van der Waals surface area contributed by atoms with Gasteiger partial charge in [0.05, 0.1) is 25.0 Å². The zero-order valence-corrected chi connectivity index (χ0v) is 10.8. The predicted octanol–water partition coefficient (Wildman–Crippen LogP) is 2.37. The van der Waals surface area contributed by atoms with Crippen molar-refractivity contribution in [3.8, 4) is 5.75 Å². The Bertz CT molecular complexity index is 573. The number of pyridine rings is 1. The van der Waals surface area contributed by atoms with Gasteiger partial charge in [0.15, 0.2) is 6.29 Å². The van der Waals surface area contributed by atoms with Crippen molar-refractivity contribution in [3.05, 3.63) is 47.0 Å². The molecule has 2 heterocycles. The number of aryl methyl sites for hydroxylation is 1. The Morgan fingerprint density at radius 1 is 1.44 bits per heavy atom. The van der Waals surface area contributed by atoms with Crippen molar-refractivity contribution >= 4 is 6.29 Å². The van der Waals surface area contributed by atoms with E-state index in [0.717, 1.165) is 28.9 Å². The number of methoxy groups -OCH3 is 1. The van der Waals surface area contributed by atoms with Gasteiger partial charge in [0, 0.05) is 23.5 Å². The molecular weight excluding hydrogens is 228 g/mol. The van der Waals surface area contributed by atoms with Crippen molar-refractivity contribution in [2.75, 3.05) is 7.11 Å². The maximum atomic E-state index is 10.9. The first-order chi connectivity index (χ1) is 8.67. The van der Waals surface area contributed by atoms with Crippen molar-refractivity contribution in [2.24, 2.45) is 0 Å². The maximum absolute atomic E-state index is 10.9. The van der Waals surface area contributed by atoms with Crippen LogP contribution in [-0.2, 0) is 6.54 Å². The number of carbonyl (C=O) groups is 1. The summed E-state index contributed by atoms with van der Waals surface area (Å²) in [4.78, 5) is 15.3. The molecule has 0 spiro atoms. The first-order valence-electron chi connectivity index (χ1n) is 5.76. The van der Waals surface area contributed by atoms with E-state index in [-0.39, 0.29) is 0 Å². The molecule has 0 aliphatic heterocycles. The fourth-order valence-corrected chi connectivity index (χ4v) is 2.07. The van der Waals surface area contributed by atoms with Crippen LogP contribution in [0.4, 0.5) is 0 Å². The van der Waals surface area contributed by atoms with Gasteiger partial charge in [0.2, 0.25) is 0 Å². The molecule has 2 rings (SSSR count). The number of hydrogen-bond donors (Lipinski definition) is 0. The smallest absolute Gasteiger partial charge is 0.166 e. The molecule has 2 aromatic heterocycles. The molecule has 4 nitrogen and oxygen atoms in total. The van der Waals surface area contributed by atoms with Crippen LogP contribution in [0.15, 0.2) is 24.5 Å². The predicted molar refractivity (Wildman–Crippen MR) is 69.2 cm³/mol. The molecule has 0 aliphatic carbocycles. The van der Waals surface area contributed by atoms with E-state index in [1.807, 2.05) is 30.7 Å². The number of aromatic nitrogens is 2. The SMILES string of the molecule is COc1c(C)cnc(Cn2cccc2C=O)c1C. The van der Waals surface area contributed by atoms with Gasteiger partial charge in [-0.25, -0.2) is 0 Å². The van der Waals surface area contributed by atoms with Gasteiger partial charge in [-0.3, -0.25) is 9.78 Å². The number of carbonyl (C=O) groups excluding carboxylic acids is 1. The average Bonchev–Trinajstić information content (AvgIpc) is 2.81. The van der Waals surface area contributed by atoms with Crippen LogP contribution >= 0.6 is 0 Å². The van der Waals surface area contributed by atoms with Crippen molar-refractivity contribution in [3.63, 3.8) is 0 Å². The van der Waals surface area contributed by atoms with Crippen LogP contribution in [-0.4, -0.2) is 22.9 Å². The zero-order chi connectivity index (χ0) is 13.1. The summed E-state index contributed by atoms with van der Waals surface area (Å²) in [6.45, 7) is 4.52. The van der Waals surface area contributed by atoms with Gasteiger partial charge >= 0.3 is 0 Å². The highest BCUT2D eigenvalue weighted by Gasteiger charge is 2.10. The summed E-state index contributed by atoms with van der Waals surface area (Å²) < 4.78 is 7.25. The molecule has 0 aliphatic rings. The Hall–Kier alpha value is -2.10. The van der Waals surface area contributed by atoms with E-state index in [0.29, 0.717) is 12.2 Å². The van der Waals surface area contributed by atoms with Gasteiger partial charge < -0.3 is 9.30 Å². The second kappa shape index (κ2) is 5.04. The van der Waals surface area contributed by atoms with E-state index in [9.17, 15) is 4.79 Å². The summed E-state index contributed by atoms with van der Waals surface area (Å²) in [5.74, 6) is 0.861. The first kappa shape index (κ1) is 12.4. The minimum Gasteiger partial charge on any atom is -0.496 e. The third kappa shape index (κ3) is 2.14. The minimum absolute atomic E-state index is 0.573. The molecule has 0 amide bonds. The maximum Gasteiger partial charge on any atom is 0.166 e. The Balaban J connectivity index is 2.38. The average molecular weight is 244 g/mol. The summed E-state index contributed by atoms with van der Waals surface area (Å²) in [6, 6.07) is 3.64. The van der Waals surface area contributed by atoms with Crippen LogP contribution in [0.1, 0.15) is 27.3 Å². The lowest BCUT2D eigenvalue weighted by Crippen LogP contribution is -2.07. The largest absolute Gasteiger partial charge is 0.496 e. The molecule has 0 saturated heterocycles. The molecule has 2 aromatic rings. The van der Waals surface area contributed by atoms with Crippen molar-refractivity contribution < 1.29 is 9.53 Å². The third-order valence-corrected chi connectivity index (χ3v) is 3.06. The van der Waals surface area contributed by atoms with Crippen LogP contribution in [0, 0.1) is 13.8 Å². The van der Waals surface area contributed by atoms with E-state index in [1.165, 1.54) is 0 Å². The number of aldehydes is 1. The Morgan fingerprint density at radius 3 is 2.89 bits per heavy atom. The van der Waals surface area contributed by atoms with Crippen molar-refractivity contribution in [2.45, 2.75) is 20.4 Å². The highest BCUT2D eigenvalue weighted by atomic mass is 16.5. The fourth-order valence-electron chi connectivity index (χ4n) is 2.07. The van der Waals surface area contributed by atoms with Gasteiger partial charge in [-0.15, -0.1) is 0 Å². The lowest BCUT2D eigenvalue weighted by atomic mass is 10.1. The number of hydrogen-bond acceptors (Lipinski definition) is 3. The van der Waals surface area contributed by atoms with Gasteiger partial charge in [-0.1, -0.05) is 0 Å². The molecule has 0 bridgehead atoms. The molecule has 0 fully saturated rings. The van der Waals surface area contributed by atoms with Crippen LogP contribution in [0.3, 0.4) is 0 Å². The standard InChI is InChI=1S/C14H16N2O2/c1-10-7-15-13(11(2)14(10)18-3)8-16-6-4-5-12(16)9-17/h4-7,9H,8H2,1-3H3. The molecule has 4 heteroatoms. The molecule has 0 aromatic carbocycles. The van der Waals surface area contributed by atoms with Crippen LogP contribution in [0.25, 0.3) is 0 Å². The molecule has 0 N–H and O–H groups in total. The molecule has 18 heavy (non-hydrogen) atoms. The monoisotopic (exact) mass is 244 g/mol.